The van der Waals surface area contributed by atoms with E-state index in [0.29, 0.717) is 11.5 Å². The van der Waals surface area contributed by atoms with Crippen LogP contribution in [0.1, 0.15) is 41.6 Å². The van der Waals surface area contributed by atoms with Gasteiger partial charge in [0.25, 0.3) is 5.91 Å². The van der Waals surface area contributed by atoms with Crippen LogP contribution in [0.4, 0.5) is 0 Å². The highest BCUT2D eigenvalue weighted by molar-refractivity contribution is 5.94. The van der Waals surface area contributed by atoms with Gasteiger partial charge < -0.3 is 10.0 Å². The first-order chi connectivity index (χ1) is 8.58. The summed E-state index contributed by atoms with van der Waals surface area (Å²) in [6.07, 6.45) is 5.08. The van der Waals surface area contributed by atoms with Crippen LogP contribution in [-0.2, 0) is 0 Å². The Hall–Kier alpha value is -1.51. The minimum atomic E-state index is 0.0463. The largest absolute Gasteiger partial charge is 0.508 e. The van der Waals surface area contributed by atoms with Crippen LogP contribution in [0.5, 0.6) is 5.75 Å². The van der Waals surface area contributed by atoms with Crippen molar-refractivity contribution in [3.05, 3.63) is 29.3 Å². The third-order valence-electron chi connectivity index (χ3n) is 3.80. The van der Waals surface area contributed by atoms with E-state index in [1.807, 2.05) is 18.9 Å². The monoisotopic (exact) mass is 247 g/mol. The molecule has 1 aliphatic rings. The van der Waals surface area contributed by atoms with Crippen molar-refractivity contribution in [3.8, 4) is 5.75 Å². The van der Waals surface area contributed by atoms with Gasteiger partial charge in [-0.2, -0.15) is 0 Å². The molecular weight excluding hydrogens is 226 g/mol. The molecule has 3 nitrogen and oxygen atoms in total. The Balaban J connectivity index is 2.02. The molecule has 0 bridgehead atoms. The van der Waals surface area contributed by atoms with E-state index in [0.717, 1.165) is 12.1 Å². The summed E-state index contributed by atoms with van der Waals surface area (Å²) in [5.41, 5.74) is 1.40. The second kappa shape index (κ2) is 5.42. The van der Waals surface area contributed by atoms with E-state index in [1.54, 1.807) is 18.2 Å². The predicted molar refractivity (Wildman–Crippen MR) is 71.8 cm³/mol. The number of hydrogen-bond donors (Lipinski definition) is 1. The number of nitrogens with zero attached hydrogens (tertiary/aromatic N) is 1. The Morgan fingerprint density at radius 1 is 1.39 bits per heavy atom. The van der Waals surface area contributed by atoms with E-state index >= 15 is 0 Å². The summed E-state index contributed by atoms with van der Waals surface area (Å²) in [6, 6.07) is 5.03. The van der Waals surface area contributed by atoms with Gasteiger partial charge in [0.1, 0.15) is 5.75 Å². The summed E-state index contributed by atoms with van der Waals surface area (Å²) in [5, 5.41) is 9.47. The standard InChI is InChI=1S/C15H21NO2/c1-11-9-13(7-8-14(11)17)15(18)16(2)10-12-5-3-4-6-12/h7-9,12,17H,3-6,10H2,1-2H3. The third-order valence-corrected chi connectivity index (χ3v) is 3.80. The van der Waals surface area contributed by atoms with Gasteiger partial charge in [-0.05, 0) is 49.4 Å². The molecule has 0 spiro atoms. The quantitative estimate of drug-likeness (QED) is 0.892. The number of benzene rings is 1. The van der Waals surface area contributed by atoms with Gasteiger partial charge in [-0.15, -0.1) is 0 Å². The summed E-state index contributed by atoms with van der Waals surface area (Å²) in [7, 11) is 1.86. The van der Waals surface area contributed by atoms with Gasteiger partial charge in [-0.3, -0.25) is 4.79 Å². The van der Waals surface area contributed by atoms with Gasteiger partial charge in [-0.1, -0.05) is 12.8 Å². The molecule has 0 aliphatic heterocycles. The van der Waals surface area contributed by atoms with E-state index < -0.39 is 0 Å². The van der Waals surface area contributed by atoms with Crippen molar-refractivity contribution in [1.29, 1.82) is 0 Å². The van der Waals surface area contributed by atoms with Crippen molar-refractivity contribution in [3.63, 3.8) is 0 Å². The molecular formula is C15H21NO2. The SMILES string of the molecule is Cc1cc(C(=O)N(C)CC2CCCC2)ccc1O. The maximum atomic E-state index is 12.2. The molecule has 1 amide bonds. The number of aromatic hydroxyl groups is 1. The third kappa shape index (κ3) is 2.84. The Morgan fingerprint density at radius 2 is 2.06 bits per heavy atom. The number of phenolic OH excluding ortho intramolecular Hbond substituents is 1. The lowest BCUT2D eigenvalue weighted by Crippen LogP contribution is -2.31. The molecule has 0 heterocycles. The lowest BCUT2D eigenvalue weighted by atomic mass is 10.1. The molecule has 0 aromatic heterocycles. The summed E-state index contributed by atoms with van der Waals surface area (Å²) >= 11 is 0. The fraction of sp³-hybridized carbons (Fsp3) is 0.533. The maximum Gasteiger partial charge on any atom is 0.253 e. The van der Waals surface area contributed by atoms with E-state index in [-0.39, 0.29) is 11.7 Å². The molecule has 0 saturated heterocycles. The van der Waals surface area contributed by atoms with Gasteiger partial charge >= 0.3 is 0 Å². The van der Waals surface area contributed by atoms with Crippen molar-refractivity contribution in [2.45, 2.75) is 32.6 Å². The van der Waals surface area contributed by atoms with Gasteiger partial charge in [0, 0.05) is 19.2 Å². The van der Waals surface area contributed by atoms with Crippen LogP contribution in [0.2, 0.25) is 0 Å². The van der Waals surface area contributed by atoms with E-state index in [2.05, 4.69) is 0 Å². The smallest absolute Gasteiger partial charge is 0.253 e. The molecule has 0 atom stereocenters. The first kappa shape index (κ1) is 12.9. The number of carbonyl (C=O) groups excluding carboxylic acids is 1. The fourth-order valence-corrected chi connectivity index (χ4v) is 2.67. The van der Waals surface area contributed by atoms with Crippen LogP contribution in [0.3, 0.4) is 0 Å². The summed E-state index contributed by atoms with van der Waals surface area (Å²) in [5.74, 6) is 0.951. The predicted octanol–water partition coefficient (Wildman–Crippen LogP) is 2.96. The summed E-state index contributed by atoms with van der Waals surface area (Å²) in [4.78, 5) is 14.0. The molecule has 3 heteroatoms. The van der Waals surface area contributed by atoms with Crippen LogP contribution < -0.4 is 0 Å². The van der Waals surface area contributed by atoms with Crippen LogP contribution >= 0.6 is 0 Å². The number of carbonyl (C=O) groups is 1. The molecule has 98 valence electrons. The van der Waals surface area contributed by atoms with Crippen LogP contribution in [0.15, 0.2) is 18.2 Å². The second-order valence-electron chi connectivity index (χ2n) is 5.34. The molecule has 0 radical (unpaired) electrons. The average molecular weight is 247 g/mol. The molecule has 1 aliphatic carbocycles. The number of aryl methyl sites for hydroxylation is 1. The fourth-order valence-electron chi connectivity index (χ4n) is 2.67. The molecule has 0 unspecified atom stereocenters. The van der Waals surface area contributed by atoms with Gasteiger partial charge in [-0.25, -0.2) is 0 Å². The minimum absolute atomic E-state index is 0.0463. The average Bonchev–Trinajstić information content (AvgIpc) is 2.84. The lowest BCUT2D eigenvalue weighted by molar-refractivity contribution is 0.0773. The Bertz CT molecular complexity index is 436. The zero-order chi connectivity index (χ0) is 13.1. The highest BCUT2D eigenvalue weighted by Gasteiger charge is 2.20. The van der Waals surface area contributed by atoms with Gasteiger partial charge in [0.05, 0.1) is 0 Å². The van der Waals surface area contributed by atoms with Crippen molar-refractivity contribution < 1.29 is 9.90 Å². The number of amides is 1. The lowest BCUT2D eigenvalue weighted by Gasteiger charge is -2.21. The van der Waals surface area contributed by atoms with Crippen molar-refractivity contribution in [1.82, 2.24) is 4.90 Å². The van der Waals surface area contributed by atoms with Crippen LogP contribution in [0, 0.1) is 12.8 Å². The summed E-state index contributed by atoms with van der Waals surface area (Å²) < 4.78 is 0. The van der Waals surface area contributed by atoms with Crippen molar-refractivity contribution >= 4 is 5.91 Å². The van der Waals surface area contributed by atoms with Gasteiger partial charge in [0.2, 0.25) is 0 Å². The van der Waals surface area contributed by atoms with E-state index in [1.165, 1.54) is 25.7 Å². The number of hydrogen-bond acceptors (Lipinski definition) is 2. The molecule has 1 fully saturated rings. The topological polar surface area (TPSA) is 40.5 Å². The highest BCUT2D eigenvalue weighted by atomic mass is 16.3. The second-order valence-corrected chi connectivity index (χ2v) is 5.34. The Labute approximate surface area is 108 Å². The van der Waals surface area contributed by atoms with E-state index in [4.69, 9.17) is 0 Å². The molecule has 1 aromatic rings. The highest BCUT2D eigenvalue weighted by Crippen LogP contribution is 2.26. The van der Waals surface area contributed by atoms with Crippen LogP contribution in [-0.4, -0.2) is 29.5 Å². The zero-order valence-corrected chi connectivity index (χ0v) is 11.1. The normalized spacial score (nSPS) is 15.9. The molecule has 2 rings (SSSR count). The summed E-state index contributed by atoms with van der Waals surface area (Å²) in [6.45, 7) is 2.65. The molecule has 1 N–H and O–H groups in total. The van der Waals surface area contributed by atoms with Crippen molar-refractivity contribution in [2.24, 2.45) is 5.92 Å². The Morgan fingerprint density at radius 3 is 2.67 bits per heavy atom. The molecule has 18 heavy (non-hydrogen) atoms. The van der Waals surface area contributed by atoms with E-state index in [9.17, 15) is 9.90 Å². The number of rotatable bonds is 3. The van der Waals surface area contributed by atoms with Crippen molar-refractivity contribution in [2.75, 3.05) is 13.6 Å². The van der Waals surface area contributed by atoms with Crippen LogP contribution in [0.25, 0.3) is 0 Å². The first-order valence-corrected chi connectivity index (χ1v) is 6.63. The molecule has 1 saturated carbocycles. The minimum Gasteiger partial charge on any atom is -0.508 e. The zero-order valence-electron chi connectivity index (χ0n) is 11.1. The maximum absolute atomic E-state index is 12.2. The van der Waals surface area contributed by atoms with Gasteiger partial charge in [0.15, 0.2) is 0 Å². The Kier molecular flexibility index (Phi) is 3.90. The first-order valence-electron chi connectivity index (χ1n) is 6.63. The number of phenols is 1. The molecule has 1 aromatic carbocycles.